The molecule has 1 nitrogen and oxygen atoms in total. The summed E-state index contributed by atoms with van der Waals surface area (Å²) in [6.07, 6.45) is -2.49. The third-order valence-electron chi connectivity index (χ3n) is 1.79. The minimum absolute atomic E-state index is 0.197. The van der Waals surface area contributed by atoms with Gasteiger partial charge in [-0.1, -0.05) is 17.9 Å². The number of alkyl halides is 3. The molecule has 0 fully saturated rings. The van der Waals surface area contributed by atoms with E-state index in [1.165, 1.54) is 0 Å². The molecule has 0 unspecified atom stereocenters. The number of ether oxygens (including phenoxy) is 1. The van der Waals surface area contributed by atoms with Crippen molar-refractivity contribution in [2.24, 2.45) is 0 Å². The molecule has 0 bridgehead atoms. The van der Waals surface area contributed by atoms with Crippen molar-refractivity contribution in [1.82, 2.24) is 0 Å². The van der Waals surface area contributed by atoms with Crippen LogP contribution in [0.2, 0.25) is 0 Å². The second-order valence-corrected chi connectivity index (χ2v) is 3.40. The van der Waals surface area contributed by atoms with E-state index in [4.69, 9.17) is 16.3 Å². The average molecular weight is 245 g/mol. The third kappa shape index (κ3) is 4.08. The molecule has 0 amide bonds. The molecule has 0 heterocycles. The quantitative estimate of drug-likeness (QED) is 0.586. The van der Waals surface area contributed by atoms with E-state index >= 15 is 0 Å². The molecule has 0 radical (unpaired) electrons. The van der Waals surface area contributed by atoms with E-state index in [9.17, 15) is 8.78 Å². The van der Waals surface area contributed by atoms with Crippen LogP contribution in [-0.2, 0) is 0 Å². The minimum atomic E-state index is -2.49. The predicted octanol–water partition coefficient (Wildman–Crippen LogP) is 3.23. The van der Waals surface area contributed by atoms with E-state index in [1.807, 2.05) is 6.92 Å². The molecule has 0 spiro atoms. The van der Waals surface area contributed by atoms with Crippen molar-refractivity contribution >= 4 is 11.6 Å². The van der Waals surface area contributed by atoms with Gasteiger partial charge in [0.05, 0.1) is 11.4 Å². The topological polar surface area (TPSA) is 9.23 Å². The van der Waals surface area contributed by atoms with Crippen LogP contribution in [0.1, 0.15) is 11.1 Å². The van der Waals surface area contributed by atoms with Crippen LogP contribution in [0.4, 0.5) is 8.78 Å². The van der Waals surface area contributed by atoms with E-state index in [0.29, 0.717) is 11.3 Å². The summed E-state index contributed by atoms with van der Waals surface area (Å²) in [5.74, 6) is 6.00. The molecule has 0 aliphatic rings. The first kappa shape index (κ1) is 12.8. The van der Waals surface area contributed by atoms with Gasteiger partial charge in [0.2, 0.25) is 0 Å². The van der Waals surface area contributed by atoms with Gasteiger partial charge < -0.3 is 4.74 Å². The standard InChI is InChI=1S/C12H11ClF2O/c1-9-4-5-11(16-8-12(14)15)10(7-9)3-2-6-13/h4-5,7,12H,6,8H2,1H3. The van der Waals surface area contributed by atoms with E-state index in [-0.39, 0.29) is 5.88 Å². The number of hydrogen-bond donors (Lipinski definition) is 0. The van der Waals surface area contributed by atoms with Gasteiger partial charge in [-0.2, -0.15) is 0 Å². The maximum atomic E-state index is 12.0. The van der Waals surface area contributed by atoms with Crippen LogP contribution >= 0.6 is 11.6 Å². The van der Waals surface area contributed by atoms with E-state index in [1.54, 1.807) is 18.2 Å². The molecule has 1 rings (SSSR count). The third-order valence-corrected chi connectivity index (χ3v) is 1.92. The molecular weight excluding hydrogens is 234 g/mol. The zero-order valence-electron chi connectivity index (χ0n) is 8.77. The summed E-state index contributed by atoms with van der Waals surface area (Å²) >= 11 is 5.44. The van der Waals surface area contributed by atoms with Gasteiger partial charge in [-0.25, -0.2) is 8.78 Å². The van der Waals surface area contributed by atoms with Gasteiger partial charge in [0.25, 0.3) is 6.43 Å². The lowest BCUT2D eigenvalue weighted by atomic mass is 10.1. The Labute approximate surface area is 98.4 Å². The Morgan fingerprint density at radius 2 is 2.19 bits per heavy atom. The van der Waals surface area contributed by atoms with Gasteiger partial charge >= 0.3 is 0 Å². The maximum absolute atomic E-state index is 12.0. The smallest absolute Gasteiger partial charge is 0.272 e. The normalized spacial score (nSPS) is 9.81. The summed E-state index contributed by atoms with van der Waals surface area (Å²) in [4.78, 5) is 0. The predicted molar refractivity (Wildman–Crippen MR) is 60.3 cm³/mol. The minimum Gasteiger partial charge on any atom is -0.486 e. The van der Waals surface area contributed by atoms with Crippen LogP contribution in [0, 0.1) is 18.8 Å². The van der Waals surface area contributed by atoms with Gasteiger partial charge in [-0.3, -0.25) is 0 Å². The fraction of sp³-hybridized carbons (Fsp3) is 0.333. The largest absolute Gasteiger partial charge is 0.486 e. The summed E-state index contributed by atoms with van der Waals surface area (Å²) < 4.78 is 29.0. The molecule has 86 valence electrons. The molecule has 0 aliphatic carbocycles. The van der Waals surface area contributed by atoms with E-state index in [0.717, 1.165) is 5.56 Å². The zero-order valence-corrected chi connectivity index (χ0v) is 9.52. The van der Waals surface area contributed by atoms with Crippen LogP contribution in [0.3, 0.4) is 0 Å². The Morgan fingerprint density at radius 3 is 2.81 bits per heavy atom. The van der Waals surface area contributed by atoms with Crippen LogP contribution < -0.4 is 4.74 Å². The number of aryl methyl sites for hydroxylation is 1. The number of benzene rings is 1. The van der Waals surface area contributed by atoms with Crippen molar-refractivity contribution in [2.45, 2.75) is 13.3 Å². The molecule has 16 heavy (non-hydrogen) atoms. The summed E-state index contributed by atoms with van der Waals surface area (Å²) in [6, 6.07) is 5.20. The van der Waals surface area contributed by atoms with Crippen LogP contribution in [0.15, 0.2) is 18.2 Å². The van der Waals surface area contributed by atoms with Crippen molar-refractivity contribution in [1.29, 1.82) is 0 Å². The molecular formula is C12H11ClF2O. The fourth-order valence-corrected chi connectivity index (χ4v) is 1.22. The Hall–Kier alpha value is -1.27. The van der Waals surface area contributed by atoms with Crippen molar-refractivity contribution < 1.29 is 13.5 Å². The summed E-state index contributed by atoms with van der Waals surface area (Å²) in [5, 5.41) is 0. The average Bonchev–Trinajstić information content (AvgIpc) is 2.24. The highest BCUT2D eigenvalue weighted by Gasteiger charge is 2.06. The number of rotatable bonds is 3. The van der Waals surface area contributed by atoms with Crippen LogP contribution in [0.5, 0.6) is 5.75 Å². The first-order valence-electron chi connectivity index (χ1n) is 4.70. The lowest BCUT2D eigenvalue weighted by molar-refractivity contribution is 0.0818. The Kier molecular flexibility index (Phi) is 5.07. The molecule has 4 heteroatoms. The lowest BCUT2D eigenvalue weighted by Crippen LogP contribution is -2.07. The first-order chi connectivity index (χ1) is 7.63. The molecule has 0 N–H and O–H groups in total. The van der Waals surface area contributed by atoms with Crippen molar-refractivity contribution in [3.05, 3.63) is 29.3 Å². The molecule has 0 saturated carbocycles. The second kappa shape index (κ2) is 6.34. The Bertz CT molecular complexity index is 407. The highest BCUT2D eigenvalue weighted by molar-refractivity contribution is 6.19. The maximum Gasteiger partial charge on any atom is 0.272 e. The van der Waals surface area contributed by atoms with Crippen LogP contribution in [0.25, 0.3) is 0 Å². The van der Waals surface area contributed by atoms with Gasteiger partial charge in [-0.15, -0.1) is 11.6 Å². The highest BCUT2D eigenvalue weighted by atomic mass is 35.5. The monoisotopic (exact) mass is 244 g/mol. The van der Waals surface area contributed by atoms with Crippen molar-refractivity contribution in [3.63, 3.8) is 0 Å². The molecule has 0 aliphatic heterocycles. The summed E-state index contributed by atoms with van der Waals surface area (Å²) in [5.41, 5.74) is 1.57. The molecule has 1 aromatic rings. The first-order valence-corrected chi connectivity index (χ1v) is 5.23. The Balaban J connectivity index is 2.89. The van der Waals surface area contributed by atoms with E-state index in [2.05, 4.69) is 11.8 Å². The van der Waals surface area contributed by atoms with Crippen molar-refractivity contribution in [2.75, 3.05) is 12.5 Å². The molecule has 1 aromatic carbocycles. The molecule has 0 saturated heterocycles. The van der Waals surface area contributed by atoms with Crippen molar-refractivity contribution in [3.8, 4) is 17.6 Å². The van der Waals surface area contributed by atoms with Gasteiger partial charge in [-0.05, 0) is 24.6 Å². The molecule has 0 atom stereocenters. The summed E-state index contributed by atoms with van der Waals surface area (Å²) in [6.45, 7) is 1.27. The van der Waals surface area contributed by atoms with Gasteiger partial charge in [0, 0.05) is 0 Å². The number of hydrogen-bond acceptors (Lipinski definition) is 1. The number of halogens is 3. The summed E-state index contributed by atoms with van der Waals surface area (Å²) in [7, 11) is 0. The van der Waals surface area contributed by atoms with E-state index < -0.39 is 13.0 Å². The highest BCUT2D eigenvalue weighted by Crippen LogP contribution is 2.19. The zero-order chi connectivity index (χ0) is 12.0. The second-order valence-electron chi connectivity index (χ2n) is 3.14. The van der Waals surface area contributed by atoms with Crippen LogP contribution in [-0.4, -0.2) is 18.9 Å². The van der Waals surface area contributed by atoms with Gasteiger partial charge in [0.15, 0.2) is 0 Å². The molecule has 0 aromatic heterocycles. The SMILES string of the molecule is Cc1ccc(OCC(F)F)c(C#CCCl)c1. The Morgan fingerprint density at radius 1 is 1.44 bits per heavy atom. The fourth-order valence-electron chi connectivity index (χ4n) is 1.15. The van der Waals surface area contributed by atoms with Gasteiger partial charge in [0.1, 0.15) is 12.4 Å². The lowest BCUT2D eigenvalue weighted by Gasteiger charge is -2.08.